The van der Waals surface area contributed by atoms with E-state index < -0.39 is 58.6 Å². The minimum atomic E-state index is -5.67. The summed E-state index contributed by atoms with van der Waals surface area (Å²) in [4.78, 5) is 0. The summed E-state index contributed by atoms with van der Waals surface area (Å²) in [5.41, 5.74) is 0. The lowest BCUT2D eigenvalue weighted by molar-refractivity contribution is 0.00114. The fourth-order valence-electron chi connectivity index (χ4n) is 2.97. The van der Waals surface area contributed by atoms with Crippen LogP contribution in [0.3, 0.4) is 0 Å². The third kappa shape index (κ3) is 5.72. The first kappa shape index (κ1) is 26.8. The second kappa shape index (κ2) is 10.4. The topological polar surface area (TPSA) is 122 Å². The van der Waals surface area contributed by atoms with Crippen molar-refractivity contribution in [1.82, 2.24) is 0 Å². The fraction of sp³-hybridized carbons (Fsp3) is 0.923. The molecule has 1 aliphatic heterocycles. The highest BCUT2D eigenvalue weighted by Gasteiger charge is 2.54. The number of hydrogen-bond acceptors (Lipinski definition) is 9. The molecule has 0 saturated carbocycles. The molecule has 1 saturated heterocycles. The van der Waals surface area contributed by atoms with E-state index in [1.165, 1.54) is 0 Å². The molecule has 2 unspecified atom stereocenters. The van der Waals surface area contributed by atoms with Gasteiger partial charge in [0.2, 0.25) is 33.0 Å². The molecule has 0 spiro atoms. The second-order valence-electron chi connectivity index (χ2n) is 5.94. The average molecular weight is 507 g/mol. The Bertz CT molecular complexity index is 865. The second-order valence-corrected chi connectivity index (χ2v) is 15.6. The van der Waals surface area contributed by atoms with Gasteiger partial charge in [-0.3, -0.25) is 0 Å². The average Bonchev–Trinajstić information content (AvgIpc) is 2.79. The molecule has 1 heterocycles. The number of rotatable bonds is 12. The van der Waals surface area contributed by atoms with Gasteiger partial charge in [-0.15, -0.1) is 0 Å². The molecule has 16 heteroatoms. The summed E-state index contributed by atoms with van der Waals surface area (Å²) in [7, 11) is -18.7. The van der Waals surface area contributed by atoms with E-state index in [9.17, 15) is 34.4 Å². The minimum Gasteiger partial charge on any atom is -0.374 e. The number of hydrogen-bond donors (Lipinski definition) is 0. The standard InChI is InChI=1S/C13H25F3O9S3Si/c1-4-22-29(23-5-2,24-6-3)9-7-8-11-10-26(17,18)13(27(11,19)20)28(21,25-16)12(14)15/h11-12H,4-10H2,1-3H3. The van der Waals surface area contributed by atoms with E-state index in [0.29, 0.717) is 0 Å². The molecular weight excluding hydrogens is 481 g/mol. The van der Waals surface area contributed by atoms with Crippen LogP contribution in [0.1, 0.15) is 33.6 Å². The maximum atomic E-state index is 13.0. The summed E-state index contributed by atoms with van der Waals surface area (Å²) < 4.78 is 117. The summed E-state index contributed by atoms with van der Waals surface area (Å²) in [6.45, 7) is 5.95. The Morgan fingerprint density at radius 2 is 1.55 bits per heavy atom. The zero-order valence-corrected chi connectivity index (χ0v) is 19.6. The maximum Gasteiger partial charge on any atom is 0.500 e. The molecule has 0 aliphatic carbocycles. The lowest BCUT2D eigenvalue weighted by Crippen LogP contribution is -2.46. The van der Waals surface area contributed by atoms with Gasteiger partial charge in [0.1, 0.15) is 0 Å². The first-order chi connectivity index (χ1) is 13.4. The normalized spacial score (nSPS) is 23.4. The van der Waals surface area contributed by atoms with E-state index in [4.69, 9.17) is 13.3 Å². The fourth-order valence-corrected chi connectivity index (χ4v) is 14.6. The van der Waals surface area contributed by atoms with Crippen LogP contribution < -0.4 is 0 Å². The minimum absolute atomic E-state index is 0.0608. The van der Waals surface area contributed by atoms with Crippen LogP contribution in [-0.4, -0.2) is 70.0 Å². The molecule has 2 atom stereocenters. The van der Waals surface area contributed by atoms with Crippen molar-refractivity contribution in [2.75, 3.05) is 25.6 Å². The lowest BCUT2D eigenvalue weighted by atomic mass is 10.3. The van der Waals surface area contributed by atoms with Crippen LogP contribution in [0.15, 0.2) is 0 Å². The van der Waals surface area contributed by atoms with Crippen LogP contribution in [-0.2, 0) is 47.1 Å². The van der Waals surface area contributed by atoms with Gasteiger partial charge in [0.05, 0.1) is 11.0 Å². The van der Waals surface area contributed by atoms with Crippen LogP contribution in [0.25, 0.3) is 0 Å². The predicted molar refractivity (Wildman–Crippen MR) is 103 cm³/mol. The van der Waals surface area contributed by atoms with Crippen molar-refractivity contribution < 1.29 is 52.0 Å². The molecule has 0 N–H and O–H groups in total. The Kier molecular flexibility index (Phi) is 9.60. The maximum absolute atomic E-state index is 13.0. The van der Waals surface area contributed by atoms with Crippen LogP contribution in [0.2, 0.25) is 6.04 Å². The van der Waals surface area contributed by atoms with Crippen molar-refractivity contribution in [2.24, 2.45) is 0 Å². The number of halogens is 3. The molecule has 1 rings (SSSR count). The molecule has 1 fully saturated rings. The van der Waals surface area contributed by atoms with Gasteiger partial charge in [0, 0.05) is 25.9 Å². The summed E-state index contributed by atoms with van der Waals surface area (Å²) in [5.74, 6) is -5.26. The molecule has 174 valence electrons. The smallest absolute Gasteiger partial charge is 0.374 e. The molecule has 9 nitrogen and oxygen atoms in total. The van der Waals surface area contributed by atoms with Gasteiger partial charge in [-0.05, 0) is 38.1 Å². The predicted octanol–water partition coefficient (Wildman–Crippen LogP) is 1.44. The van der Waals surface area contributed by atoms with E-state index in [0.717, 1.165) is 0 Å². The molecular formula is C13H25F3O9S3Si. The van der Waals surface area contributed by atoms with Gasteiger partial charge >= 0.3 is 14.6 Å². The summed E-state index contributed by atoms with van der Waals surface area (Å²) in [6.07, 6.45) is -0.233. The zero-order chi connectivity index (χ0) is 22.5. The Balaban J connectivity index is 3.18. The van der Waals surface area contributed by atoms with Crippen molar-refractivity contribution in [2.45, 2.75) is 50.7 Å². The molecule has 0 radical (unpaired) electrons. The van der Waals surface area contributed by atoms with Crippen molar-refractivity contribution in [3.05, 3.63) is 0 Å². The molecule has 0 aromatic carbocycles. The highest BCUT2D eigenvalue weighted by atomic mass is 32.3. The van der Waals surface area contributed by atoms with E-state index in [1.807, 2.05) is 0 Å². The Morgan fingerprint density at radius 3 is 1.93 bits per heavy atom. The van der Waals surface area contributed by atoms with E-state index >= 15 is 0 Å². The highest BCUT2D eigenvalue weighted by Crippen LogP contribution is 2.31. The highest BCUT2D eigenvalue weighted by molar-refractivity contribution is 8.45. The van der Waals surface area contributed by atoms with E-state index in [1.54, 1.807) is 20.8 Å². The summed E-state index contributed by atoms with van der Waals surface area (Å²) in [5, 5.41) is -1.67. The molecule has 0 amide bonds. The number of sulfone groups is 2. The van der Waals surface area contributed by atoms with Crippen molar-refractivity contribution >= 4 is 41.8 Å². The van der Waals surface area contributed by atoms with Crippen LogP contribution in [0, 0.1) is 0 Å². The SMILES string of the molecule is CCO[Si](CCCC1CS(=O)(=O)C(=S(=O)(OF)C(F)F)S1(=O)=O)(OCC)OCC. The zero-order valence-electron chi connectivity index (χ0n) is 16.1. The van der Waals surface area contributed by atoms with Crippen LogP contribution in [0.5, 0.6) is 0 Å². The Hall–Kier alpha value is -0.233. The quantitative estimate of drug-likeness (QED) is 0.286. The van der Waals surface area contributed by atoms with E-state index in [2.05, 4.69) is 4.39 Å². The monoisotopic (exact) mass is 506 g/mol. The van der Waals surface area contributed by atoms with Gasteiger partial charge in [0.25, 0.3) is 0 Å². The first-order valence-corrected chi connectivity index (χ1v) is 15.4. The van der Waals surface area contributed by atoms with E-state index in [-0.39, 0.29) is 38.7 Å². The molecule has 0 aromatic heterocycles. The third-order valence-corrected chi connectivity index (χ3v) is 15.9. The van der Waals surface area contributed by atoms with Gasteiger partial charge in [-0.2, -0.15) is 8.78 Å². The van der Waals surface area contributed by atoms with Crippen molar-refractivity contribution in [1.29, 1.82) is 0 Å². The molecule has 29 heavy (non-hydrogen) atoms. The summed E-state index contributed by atoms with van der Waals surface area (Å²) >= 11 is 0. The third-order valence-electron chi connectivity index (χ3n) is 3.99. The van der Waals surface area contributed by atoms with Gasteiger partial charge in [0.15, 0.2) is 0 Å². The van der Waals surface area contributed by atoms with Crippen LogP contribution in [0.4, 0.5) is 13.3 Å². The molecule has 0 bridgehead atoms. The Labute approximate surface area is 170 Å². The number of alkyl halides is 2. The van der Waals surface area contributed by atoms with Gasteiger partial charge in [-0.25, -0.2) is 21.0 Å². The first-order valence-electron chi connectivity index (χ1n) is 8.73. The van der Waals surface area contributed by atoms with Crippen molar-refractivity contribution in [3.8, 4) is 0 Å². The lowest BCUT2D eigenvalue weighted by Gasteiger charge is -2.28. The van der Waals surface area contributed by atoms with Gasteiger partial charge < -0.3 is 13.3 Å². The Morgan fingerprint density at radius 1 is 1.07 bits per heavy atom. The largest absolute Gasteiger partial charge is 0.500 e. The molecule has 0 aromatic rings. The molecule has 1 aliphatic rings. The van der Waals surface area contributed by atoms with Gasteiger partial charge in [-0.1, -0.05) is 4.39 Å². The van der Waals surface area contributed by atoms with Crippen molar-refractivity contribution in [3.63, 3.8) is 0 Å². The summed E-state index contributed by atoms with van der Waals surface area (Å²) in [6, 6.07) is 0.147. The van der Waals surface area contributed by atoms with Crippen LogP contribution >= 0.6 is 0 Å².